The van der Waals surface area contributed by atoms with Crippen LogP contribution in [0.1, 0.15) is 57.2 Å². The fraction of sp³-hybridized carbons (Fsp3) is 0.556. The van der Waals surface area contributed by atoms with Gasteiger partial charge in [0, 0.05) is 6.61 Å². The van der Waals surface area contributed by atoms with Gasteiger partial charge in [-0.2, -0.15) is 0 Å². The molecule has 0 heterocycles. The Kier molecular flexibility index (Phi) is 2.69. The third kappa shape index (κ3) is 1.87. The summed E-state index contributed by atoms with van der Waals surface area (Å²) in [5.74, 6) is 0.450. The zero-order valence-electron chi connectivity index (χ0n) is 12.5. The van der Waals surface area contributed by atoms with E-state index in [0.717, 1.165) is 12.8 Å². The highest BCUT2D eigenvalue weighted by Gasteiger charge is 2.50. The molecule has 0 saturated heterocycles. The van der Waals surface area contributed by atoms with E-state index in [1.165, 1.54) is 22.3 Å². The molecule has 2 atom stereocenters. The van der Waals surface area contributed by atoms with E-state index >= 15 is 0 Å². The van der Waals surface area contributed by atoms with Crippen molar-refractivity contribution in [2.24, 2.45) is 5.92 Å². The van der Waals surface area contributed by atoms with Crippen LogP contribution in [0, 0.1) is 5.92 Å². The molecule has 0 aromatic heterocycles. The van der Waals surface area contributed by atoms with Gasteiger partial charge in [0.1, 0.15) is 0 Å². The Bertz CT molecular complexity index is 553. The molecular weight excluding hydrogens is 232 g/mol. The number of hydrogen-bond donors (Lipinski definition) is 1. The van der Waals surface area contributed by atoms with Crippen molar-refractivity contribution in [3.63, 3.8) is 0 Å². The Morgan fingerprint density at radius 1 is 1.26 bits per heavy atom. The van der Waals surface area contributed by atoms with Crippen LogP contribution in [0.3, 0.4) is 0 Å². The SMILES string of the molecule is CC1=CCC(C)(C)c2ccc([C@@]3(C)CC3CO)cc21. The minimum atomic E-state index is 0.200. The molecule has 3 rings (SSSR count). The van der Waals surface area contributed by atoms with Crippen molar-refractivity contribution in [3.05, 3.63) is 41.0 Å². The lowest BCUT2D eigenvalue weighted by Crippen LogP contribution is -2.22. The van der Waals surface area contributed by atoms with Gasteiger partial charge >= 0.3 is 0 Å². The van der Waals surface area contributed by atoms with Gasteiger partial charge in [0.25, 0.3) is 0 Å². The summed E-state index contributed by atoms with van der Waals surface area (Å²) >= 11 is 0. The number of aliphatic hydroxyl groups excluding tert-OH is 1. The first-order valence-corrected chi connectivity index (χ1v) is 7.31. The van der Waals surface area contributed by atoms with Gasteiger partial charge in [-0.15, -0.1) is 0 Å². The topological polar surface area (TPSA) is 20.2 Å². The van der Waals surface area contributed by atoms with Crippen LogP contribution < -0.4 is 0 Å². The van der Waals surface area contributed by atoms with Gasteiger partial charge < -0.3 is 5.11 Å². The van der Waals surface area contributed by atoms with Gasteiger partial charge in [0.2, 0.25) is 0 Å². The number of aliphatic hydroxyl groups is 1. The molecule has 0 aliphatic heterocycles. The molecule has 19 heavy (non-hydrogen) atoms. The van der Waals surface area contributed by atoms with Crippen molar-refractivity contribution in [1.29, 1.82) is 0 Å². The van der Waals surface area contributed by atoms with Crippen molar-refractivity contribution in [2.75, 3.05) is 6.61 Å². The minimum Gasteiger partial charge on any atom is -0.396 e. The molecule has 1 unspecified atom stereocenters. The molecule has 1 fully saturated rings. The summed E-state index contributed by atoms with van der Waals surface area (Å²) in [6.07, 6.45) is 4.61. The monoisotopic (exact) mass is 256 g/mol. The molecule has 1 aromatic carbocycles. The van der Waals surface area contributed by atoms with E-state index in [9.17, 15) is 5.11 Å². The molecule has 0 amide bonds. The number of allylic oxidation sites excluding steroid dienone is 2. The lowest BCUT2D eigenvalue weighted by molar-refractivity contribution is 0.265. The fourth-order valence-electron chi connectivity index (χ4n) is 3.52. The summed E-state index contributed by atoms with van der Waals surface area (Å²) in [6.45, 7) is 9.46. The standard InChI is InChI=1S/C18H24O/c1-12-7-8-17(2,3)16-6-5-13(9-15(12)16)18(4)10-14(18)11-19/h5-7,9,14,19H,8,10-11H2,1-4H3/t14?,18-/m1/s1. The van der Waals surface area contributed by atoms with Crippen molar-refractivity contribution < 1.29 is 5.11 Å². The van der Waals surface area contributed by atoms with Crippen LogP contribution in [0.15, 0.2) is 24.3 Å². The van der Waals surface area contributed by atoms with Gasteiger partial charge in [-0.1, -0.05) is 45.0 Å². The van der Waals surface area contributed by atoms with E-state index in [1.54, 1.807) is 0 Å². The van der Waals surface area contributed by atoms with Gasteiger partial charge in [0.05, 0.1) is 0 Å². The van der Waals surface area contributed by atoms with E-state index in [2.05, 4.69) is 52.0 Å². The van der Waals surface area contributed by atoms with Crippen LogP contribution in [-0.4, -0.2) is 11.7 Å². The first-order chi connectivity index (χ1) is 8.88. The number of fused-ring (bicyclic) bond motifs is 1. The minimum absolute atomic E-state index is 0.200. The Labute approximate surface area is 116 Å². The summed E-state index contributed by atoms with van der Waals surface area (Å²) in [5.41, 5.74) is 6.14. The van der Waals surface area contributed by atoms with Crippen molar-refractivity contribution in [2.45, 2.75) is 51.4 Å². The van der Waals surface area contributed by atoms with E-state index in [4.69, 9.17) is 0 Å². The molecule has 1 N–H and O–H groups in total. The highest BCUT2D eigenvalue weighted by molar-refractivity contribution is 5.71. The average molecular weight is 256 g/mol. The second-order valence-electron chi connectivity index (χ2n) is 7.24. The molecule has 102 valence electrons. The molecule has 0 spiro atoms. The van der Waals surface area contributed by atoms with Crippen LogP contribution in [0.25, 0.3) is 5.57 Å². The summed E-state index contributed by atoms with van der Waals surface area (Å²) in [5, 5.41) is 9.37. The summed E-state index contributed by atoms with van der Waals surface area (Å²) in [7, 11) is 0. The molecule has 1 heteroatoms. The van der Waals surface area contributed by atoms with Crippen molar-refractivity contribution in [3.8, 4) is 0 Å². The fourth-order valence-corrected chi connectivity index (χ4v) is 3.52. The van der Waals surface area contributed by atoms with Crippen molar-refractivity contribution in [1.82, 2.24) is 0 Å². The van der Waals surface area contributed by atoms with Crippen LogP contribution >= 0.6 is 0 Å². The van der Waals surface area contributed by atoms with Crippen LogP contribution in [-0.2, 0) is 10.8 Å². The molecule has 1 saturated carbocycles. The van der Waals surface area contributed by atoms with Crippen molar-refractivity contribution >= 4 is 5.57 Å². The Morgan fingerprint density at radius 2 is 2.00 bits per heavy atom. The lowest BCUT2D eigenvalue weighted by Gasteiger charge is -2.32. The van der Waals surface area contributed by atoms with E-state index in [0.29, 0.717) is 12.5 Å². The third-order valence-electron chi connectivity index (χ3n) is 5.38. The third-order valence-corrected chi connectivity index (χ3v) is 5.38. The lowest BCUT2D eigenvalue weighted by atomic mass is 9.72. The number of rotatable bonds is 2. The Morgan fingerprint density at radius 3 is 2.63 bits per heavy atom. The summed E-state index contributed by atoms with van der Waals surface area (Å²) < 4.78 is 0. The quantitative estimate of drug-likeness (QED) is 0.846. The Balaban J connectivity index is 2.06. The first-order valence-electron chi connectivity index (χ1n) is 7.31. The molecular formula is C18H24O. The summed E-state index contributed by atoms with van der Waals surface area (Å²) in [6, 6.07) is 6.98. The maximum atomic E-state index is 9.37. The molecule has 2 aliphatic carbocycles. The molecule has 0 radical (unpaired) electrons. The smallest absolute Gasteiger partial charge is 0.0468 e. The number of hydrogen-bond acceptors (Lipinski definition) is 1. The van der Waals surface area contributed by atoms with Crippen LogP contribution in [0.4, 0.5) is 0 Å². The van der Waals surface area contributed by atoms with Gasteiger partial charge in [-0.25, -0.2) is 0 Å². The van der Waals surface area contributed by atoms with Gasteiger partial charge in [-0.3, -0.25) is 0 Å². The maximum Gasteiger partial charge on any atom is 0.0468 e. The zero-order valence-corrected chi connectivity index (χ0v) is 12.5. The number of benzene rings is 1. The van der Waals surface area contributed by atoms with Crippen LogP contribution in [0.5, 0.6) is 0 Å². The molecule has 2 aliphatic rings. The predicted molar refractivity (Wildman–Crippen MR) is 80.3 cm³/mol. The van der Waals surface area contributed by atoms with E-state index in [-0.39, 0.29) is 10.8 Å². The van der Waals surface area contributed by atoms with E-state index < -0.39 is 0 Å². The van der Waals surface area contributed by atoms with Gasteiger partial charge in [-0.05, 0) is 58.8 Å². The first kappa shape index (κ1) is 12.9. The highest BCUT2D eigenvalue weighted by Crippen LogP contribution is 2.54. The largest absolute Gasteiger partial charge is 0.396 e. The Hall–Kier alpha value is -1.08. The van der Waals surface area contributed by atoms with E-state index in [1.807, 2.05) is 0 Å². The maximum absolute atomic E-state index is 9.37. The van der Waals surface area contributed by atoms with Gasteiger partial charge in [0.15, 0.2) is 0 Å². The molecule has 1 aromatic rings. The highest BCUT2D eigenvalue weighted by atomic mass is 16.3. The zero-order chi connectivity index (χ0) is 13.8. The molecule has 1 nitrogen and oxygen atoms in total. The second kappa shape index (κ2) is 3.96. The predicted octanol–water partition coefficient (Wildman–Crippen LogP) is 4.04. The second-order valence-corrected chi connectivity index (χ2v) is 7.24. The summed E-state index contributed by atoms with van der Waals surface area (Å²) in [4.78, 5) is 0. The molecule has 0 bridgehead atoms. The van der Waals surface area contributed by atoms with Crippen LogP contribution in [0.2, 0.25) is 0 Å². The normalized spacial score (nSPS) is 31.6. The average Bonchev–Trinajstić information content (AvgIpc) is 3.07.